The van der Waals surface area contributed by atoms with Crippen LogP contribution in [-0.4, -0.2) is 20.0 Å². The molecule has 1 aliphatic rings. The summed E-state index contributed by atoms with van der Waals surface area (Å²) in [6, 6.07) is 12.6. The minimum atomic E-state index is -3.90. The molecule has 1 unspecified atom stereocenters. The van der Waals surface area contributed by atoms with Gasteiger partial charge in [0.25, 0.3) is 6.02 Å². The third kappa shape index (κ3) is 3.43. The predicted octanol–water partition coefficient (Wildman–Crippen LogP) is 4.65. The van der Waals surface area contributed by atoms with Crippen molar-refractivity contribution in [2.24, 2.45) is 4.99 Å². The predicted molar refractivity (Wildman–Crippen MR) is 111 cm³/mol. The number of amidine groups is 1. The average Bonchev–Trinajstić information content (AvgIpc) is 2.60. The maximum Gasteiger partial charge on any atom is 0.299 e. The van der Waals surface area contributed by atoms with Crippen molar-refractivity contribution in [3.8, 4) is 0 Å². The van der Waals surface area contributed by atoms with Crippen LogP contribution >= 0.6 is 15.9 Å². The van der Waals surface area contributed by atoms with Crippen LogP contribution in [0.5, 0.6) is 0 Å². The van der Waals surface area contributed by atoms with E-state index in [-0.39, 0.29) is 6.02 Å². The van der Waals surface area contributed by atoms with Crippen LogP contribution in [-0.2, 0) is 19.5 Å². The number of rotatable bonds is 3. The van der Waals surface area contributed by atoms with Crippen molar-refractivity contribution in [2.75, 3.05) is 0 Å². The lowest BCUT2D eigenvalue weighted by Gasteiger charge is -2.47. The molecule has 5 nitrogen and oxygen atoms in total. The number of benzene rings is 2. The number of nitrogens with one attached hydrogen (secondary N) is 1. The van der Waals surface area contributed by atoms with Crippen LogP contribution in [0.2, 0.25) is 0 Å². The number of halogens is 2. The highest BCUT2D eigenvalue weighted by Gasteiger charge is 2.58. The Labute approximate surface area is 173 Å². The Morgan fingerprint density at radius 1 is 1.11 bits per heavy atom. The van der Waals surface area contributed by atoms with Crippen molar-refractivity contribution in [3.63, 3.8) is 0 Å². The molecule has 2 aromatic rings. The van der Waals surface area contributed by atoms with E-state index < -0.39 is 32.2 Å². The molecule has 0 spiro atoms. The smallest absolute Gasteiger partial charge is 0.299 e. The molecule has 1 aliphatic heterocycles. The first-order chi connectivity index (χ1) is 13.0. The molecule has 1 N–H and O–H groups in total. The zero-order chi connectivity index (χ0) is 20.7. The maximum atomic E-state index is 14.0. The first kappa shape index (κ1) is 20.8. The topological polar surface area (TPSA) is 67.8 Å². The van der Waals surface area contributed by atoms with Crippen molar-refractivity contribution in [1.82, 2.24) is 4.72 Å². The van der Waals surface area contributed by atoms with E-state index in [4.69, 9.17) is 4.74 Å². The molecule has 0 aliphatic carbocycles. The summed E-state index contributed by atoms with van der Waals surface area (Å²) in [5.74, 6) is -0.406. The van der Waals surface area contributed by atoms with Gasteiger partial charge in [-0.2, -0.15) is 0 Å². The second-order valence-electron chi connectivity index (χ2n) is 7.39. The summed E-state index contributed by atoms with van der Waals surface area (Å²) < 4.78 is 48.4. The molecule has 0 saturated carbocycles. The lowest BCUT2D eigenvalue weighted by molar-refractivity contribution is 0.0383. The first-order valence-electron chi connectivity index (χ1n) is 8.77. The first-order valence-corrected chi connectivity index (χ1v) is 11.1. The highest BCUT2D eigenvalue weighted by molar-refractivity contribution is 9.10. The van der Waals surface area contributed by atoms with Crippen LogP contribution in [0.3, 0.4) is 0 Å². The van der Waals surface area contributed by atoms with Crippen LogP contribution in [0, 0.1) is 5.82 Å². The minimum Gasteiger partial charge on any atom is -0.456 e. The molecule has 0 bridgehead atoms. The number of aliphatic imine (C=N–C) groups is 1. The molecule has 2 aromatic carbocycles. The SMILES string of the molecule is C[C@H](N=C1NS(=O)(=O)C(C)(c2ccc(Br)cc2)C(C)(C)O1)c1ccccc1F. The Hall–Kier alpha value is -1.93. The fraction of sp³-hybridized carbons (Fsp3) is 0.350. The maximum absolute atomic E-state index is 14.0. The number of nitrogens with zero attached hydrogens (tertiary/aromatic N) is 1. The second kappa shape index (κ2) is 7.15. The third-order valence-corrected chi connectivity index (χ3v) is 8.10. The Kier molecular flexibility index (Phi) is 5.31. The van der Waals surface area contributed by atoms with Crippen LogP contribution in [0.25, 0.3) is 0 Å². The standard InChI is InChI=1S/C20H22BrFN2O3S/c1-13(16-7-5-6-8-17(16)22)23-18-24-28(25,26)20(4,19(2,3)27-18)14-9-11-15(21)12-10-14/h5-13H,1-4H3,(H,23,24)/t13-,20?/m0/s1. The molecule has 1 fully saturated rings. The van der Waals surface area contributed by atoms with Gasteiger partial charge < -0.3 is 4.74 Å². The summed E-state index contributed by atoms with van der Waals surface area (Å²) in [5.41, 5.74) is -0.176. The average molecular weight is 469 g/mol. The Bertz CT molecular complexity index is 1020. The van der Waals surface area contributed by atoms with Gasteiger partial charge in [0.05, 0.1) is 6.04 Å². The van der Waals surface area contributed by atoms with Gasteiger partial charge in [-0.25, -0.2) is 22.5 Å². The zero-order valence-electron chi connectivity index (χ0n) is 16.0. The summed E-state index contributed by atoms with van der Waals surface area (Å²) >= 11 is 3.36. The van der Waals surface area contributed by atoms with Gasteiger partial charge in [-0.1, -0.05) is 46.3 Å². The summed E-state index contributed by atoms with van der Waals surface area (Å²) in [6.07, 6.45) is 0. The van der Waals surface area contributed by atoms with E-state index in [1.54, 1.807) is 70.2 Å². The molecule has 2 atom stereocenters. The van der Waals surface area contributed by atoms with E-state index >= 15 is 0 Å². The van der Waals surface area contributed by atoms with Crippen LogP contribution in [0.15, 0.2) is 58.0 Å². The number of hydrogen-bond donors (Lipinski definition) is 1. The highest BCUT2D eigenvalue weighted by Crippen LogP contribution is 2.45. The number of sulfonamides is 1. The molecule has 8 heteroatoms. The molecule has 0 aromatic heterocycles. The molecular formula is C20H22BrFN2O3S. The summed E-state index contributed by atoms with van der Waals surface area (Å²) in [5, 5.41) is 0. The van der Waals surface area contributed by atoms with Gasteiger partial charge in [0.1, 0.15) is 11.4 Å². The molecule has 0 amide bonds. The Morgan fingerprint density at radius 3 is 2.29 bits per heavy atom. The minimum absolute atomic E-state index is 0.143. The fourth-order valence-corrected chi connectivity index (χ4v) is 5.21. The summed E-state index contributed by atoms with van der Waals surface area (Å²) in [6.45, 7) is 6.71. The number of ether oxygens (including phenoxy) is 1. The Balaban J connectivity index is 2.01. The largest absolute Gasteiger partial charge is 0.456 e. The molecular weight excluding hydrogens is 447 g/mol. The van der Waals surface area contributed by atoms with Crippen LogP contribution < -0.4 is 4.72 Å². The van der Waals surface area contributed by atoms with Gasteiger partial charge in [0, 0.05) is 10.0 Å². The van der Waals surface area contributed by atoms with Crippen molar-refractivity contribution in [1.29, 1.82) is 0 Å². The van der Waals surface area contributed by atoms with E-state index in [1.807, 2.05) is 0 Å². The van der Waals surface area contributed by atoms with Gasteiger partial charge in [0.15, 0.2) is 4.75 Å². The molecule has 0 radical (unpaired) electrons. The second-order valence-corrected chi connectivity index (χ2v) is 10.3. The van der Waals surface area contributed by atoms with Crippen LogP contribution in [0.1, 0.15) is 44.9 Å². The zero-order valence-corrected chi connectivity index (χ0v) is 18.4. The Morgan fingerprint density at radius 2 is 1.71 bits per heavy atom. The highest BCUT2D eigenvalue weighted by atomic mass is 79.9. The quantitative estimate of drug-likeness (QED) is 0.712. The van der Waals surface area contributed by atoms with Crippen LogP contribution in [0.4, 0.5) is 4.39 Å². The molecule has 150 valence electrons. The van der Waals surface area contributed by atoms with Gasteiger partial charge in [0.2, 0.25) is 10.0 Å². The van der Waals surface area contributed by atoms with Gasteiger partial charge >= 0.3 is 0 Å². The van der Waals surface area contributed by atoms with Gasteiger partial charge in [-0.05, 0) is 51.5 Å². The van der Waals surface area contributed by atoms with Crippen molar-refractivity contribution in [2.45, 2.75) is 44.1 Å². The van der Waals surface area contributed by atoms with Crippen molar-refractivity contribution < 1.29 is 17.5 Å². The lowest BCUT2D eigenvalue weighted by Crippen LogP contribution is -2.63. The molecule has 3 rings (SSSR count). The number of hydrogen-bond acceptors (Lipinski definition) is 4. The molecule has 28 heavy (non-hydrogen) atoms. The van der Waals surface area contributed by atoms with Crippen molar-refractivity contribution >= 4 is 32.0 Å². The van der Waals surface area contributed by atoms with Gasteiger partial charge in [-0.15, -0.1) is 0 Å². The van der Waals surface area contributed by atoms with Crippen molar-refractivity contribution in [3.05, 3.63) is 69.9 Å². The van der Waals surface area contributed by atoms with E-state index in [9.17, 15) is 12.8 Å². The van der Waals surface area contributed by atoms with E-state index in [0.29, 0.717) is 11.1 Å². The van der Waals surface area contributed by atoms with E-state index in [0.717, 1.165) is 4.47 Å². The van der Waals surface area contributed by atoms with E-state index in [2.05, 4.69) is 25.6 Å². The lowest BCUT2D eigenvalue weighted by atomic mass is 9.85. The van der Waals surface area contributed by atoms with Gasteiger partial charge in [-0.3, -0.25) is 0 Å². The summed E-state index contributed by atoms with van der Waals surface area (Å²) in [7, 11) is -3.90. The summed E-state index contributed by atoms with van der Waals surface area (Å²) in [4.78, 5) is 4.29. The normalized spacial score (nSPS) is 25.6. The molecule has 1 heterocycles. The third-order valence-electron chi connectivity index (χ3n) is 5.32. The monoisotopic (exact) mass is 468 g/mol. The molecule has 1 saturated heterocycles. The fourth-order valence-electron chi connectivity index (χ4n) is 3.28. The van der Waals surface area contributed by atoms with E-state index in [1.165, 1.54) is 6.07 Å².